The van der Waals surface area contributed by atoms with Gasteiger partial charge in [-0.25, -0.2) is 0 Å². The number of hydrogen-bond donors (Lipinski definition) is 0. The summed E-state index contributed by atoms with van der Waals surface area (Å²) in [6, 6.07) is 21.7. The second kappa shape index (κ2) is 5.82. The van der Waals surface area contributed by atoms with Crippen molar-refractivity contribution in [3.8, 4) is 22.4 Å². The third-order valence-electron chi connectivity index (χ3n) is 6.70. The smallest absolute Gasteiger partial charge is 0.145 e. The summed E-state index contributed by atoms with van der Waals surface area (Å²) in [5.74, 6) is 0. The molecule has 0 N–H and O–H groups in total. The monoisotopic (exact) mass is 389 g/mol. The number of pyridine rings is 1. The molecule has 0 saturated carbocycles. The van der Waals surface area contributed by atoms with Crippen molar-refractivity contribution in [1.82, 2.24) is 4.98 Å². The fraction of sp³-hybridized carbons (Fsp3) is 0.179. The largest absolute Gasteiger partial charge is 0.455 e. The summed E-state index contributed by atoms with van der Waals surface area (Å²) >= 11 is 0. The fourth-order valence-corrected chi connectivity index (χ4v) is 5.29. The molecule has 1 aliphatic rings. The van der Waals surface area contributed by atoms with Crippen LogP contribution in [0, 0.1) is 13.8 Å². The lowest BCUT2D eigenvalue weighted by molar-refractivity contribution is 0.657. The van der Waals surface area contributed by atoms with E-state index in [9.17, 15) is 0 Å². The number of nitrogens with zero attached hydrogens (tertiary/aromatic N) is 1. The third-order valence-corrected chi connectivity index (χ3v) is 6.70. The number of aryl methyl sites for hydroxylation is 2. The summed E-state index contributed by atoms with van der Waals surface area (Å²) in [5, 5.41) is 2.41. The van der Waals surface area contributed by atoms with Gasteiger partial charge in [0, 0.05) is 27.9 Å². The molecule has 5 aromatic rings. The minimum Gasteiger partial charge on any atom is -0.455 e. The predicted molar refractivity (Wildman–Crippen MR) is 124 cm³/mol. The average molecular weight is 389 g/mol. The Morgan fingerprint density at radius 1 is 0.867 bits per heavy atom. The zero-order valence-electron chi connectivity index (χ0n) is 17.7. The molecular formula is C28H23NO. The topological polar surface area (TPSA) is 26.0 Å². The summed E-state index contributed by atoms with van der Waals surface area (Å²) in [7, 11) is 0. The van der Waals surface area contributed by atoms with Crippen LogP contribution in [0.3, 0.4) is 0 Å². The van der Waals surface area contributed by atoms with Crippen molar-refractivity contribution in [2.75, 3.05) is 0 Å². The normalized spacial score (nSPS) is 14.3. The highest BCUT2D eigenvalue weighted by Gasteiger charge is 2.38. The number of benzene rings is 3. The second-order valence-electron chi connectivity index (χ2n) is 8.99. The van der Waals surface area contributed by atoms with E-state index in [-0.39, 0.29) is 5.41 Å². The zero-order chi connectivity index (χ0) is 20.6. The van der Waals surface area contributed by atoms with Gasteiger partial charge in [-0.15, -0.1) is 0 Å². The molecule has 0 atom stereocenters. The van der Waals surface area contributed by atoms with E-state index in [1.54, 1.807) is 0 Å². The molecule has 0 radical (unpaired) electrons. The van der Waals surface area contributed by atoms with E-state index in [4.69, 9.17) is 4.42 Å². The first-order valence-electron chi connectivity index (χ1n) is 10.5. The van der Waals surface area contributed by atoms with Crippen LogP contribution in [0.1, 0.15) is 36.1 Å². The SMILES string of the molecule is Cc1ccnc(-c2c(C)ccc3c2oc2ccc4c(c23)C(C)(C)c2ccccc2-4)c1. The molecule has 0 bridgehead atoms. The molecule has 2 heterocycles. The van der Waals surface area contributed by atoms with Gasteiger partial charge in [0.2, 0.25) is 0 Å². The molecule has 2 aromatic heterocycles. The number of aromatic nitrogens is 1. The van der Waals surface area contributed by atoms with Crippen molar-refractivity contribution in [2.24, 2.45) is 0 Å². The van der Waals surface area contributed by atoms with E-state index in [2.05, 4.69) is 87.3 Å². The Bertz CT molecular complexity index is 1490. The molecule has 30 heavy (non-hydrogen) atoms. The van der Waals surface area contributed by atoms with Gasteiger partial charge in [0.15, 0.2) is 0 Å². The van der Waals surface area contributed by atoms with Crippen LogP contribution in [0.25, 0.3) is 44.3 Å². The highest BCUT2D eigenvalue weighted by molar-refractivity contribution is 6.14. The minimum absolute atomic E-state index is 0.0745. The molecule has 2 heteroatoms. The van der Waals surface area contributed by atoms with Crippen LogP contribution in [0.4, 0.5) is 0 Å². The van der Waals surface area contributed by atoms with Crippen LogP contribution >= 0.6 is 0 Å². The zero-order valence-corrected chi connectivity index (χ0v) is 17.7. The number of hydrogen-bond acceptors (Lipinski definition) is 2. The first kappa shape index (κ1) is 17.5. The van der Waals surface area contributed by atoms with Gasteiger partial charge in [0.25, 0.3) is 0 Å². The van der Waals surface area contributed by atoms with E-state index < -0.39 is 0 Å². The Balaban J connectivity index is 1.75. The van der Waals surface area contributed by atoms with E-state index in [0.717, 1.165) is 22.4 Å². The van der Waals surface area contributed by atoms with Gasteiger partial charge in [-0.3, -0.25) is 4.98 Å². The molecule has 0 unspecified atom stereocenters. The maximum Gasteiger partial charge on any atom is 0.145 e. The second-order valence-corrected chi connectivity index (χ2v) is 8.99. The Hall–Kier alpha value is -3.39. The molecule has 0 saturated heterocycles. The Kier molecular flexibility index (Phi) is 3.39. The lowest BCUT2D eigenvalue weighted by Gasteiger charge is -2.22. The van der Waals surface area contributed by atoms with Crippen LogP contribution in [0.5, 0.6) is 0 Å². The third kappa shape index (κ3) is 2.16. The van der Waals surface area contributed by atoms with Gasteiger partial charge < -0.3 is 4.42 Å². The molecule has 0 amide bonds. The maximum absolute atomic E-state index is 6.54. The van der Waals surface area contributed by atoms with Gasteiger partial charge in [-0.2, -0.15) is 0 Å². The van der Waals surface area contributed by atoms with Crippen molar-refractivity contribution in [3.05, 3.63) is 89.1 Å². The van der Waals surface area contributed by atoms with Gasteiger partial charge in [-0.1, -0.05) is 56.3 Å². The lowest BCUT2D eigenvalue weighted by Crippen LogP contribution is -2.15. The lowest BCUT2D eigenvalue weighted by atomic mass is 9.80. The Labute approximate surface area is 176 Å². The van der Waals surface area contributed by atoms with Gasteiger partial charge >= 0.3 is 0 Å². The fourth-order valence-electron chi connectivity index (χ4n) is 5.29. The highest BCUT2D eigenvalue weighted by atomic mass is 16.3. The van der Waals surface area contributed by atoms with E-state index in [0.29, 0.717) is 0 Å². The number of fused-ring (bicyclic) bond motifs is 7. The van der Waals surface area contributed by atoms with Gasteiger partial charge in [-0.05, 0) is 65.4 Å². The molecule has 146 valence electrons. The summed E-state index contributed by atoms with van der Waals surface area (Å²) in [5.41, 5.74) is 11.7. The van der Waals surface area contributed by atoms with Gasteiger partial charge in [0.1, 0.15) is 11.2 Å². The van der Waals surface area contributed by atoms with Crippen molar-refractivity contribution in [2.45, 2.75) is 33.1 Å². The van der Waals surface area contributed by atoms with Crippen LogP contribution in [0.2, 0.25) is 0 Å². The standard InChI is InChI=1S/C28H23NO/c1-16-13-14-29-22(15-16)24-17(2)9-10-20-25-23(30-27(20)24)12-11-19-18-7-5-6-8-21(18)28(3,4)26(19)25/h5-15H,1-4H3. The average Bonchev–Trinajstić information content (AvgIpc) is 3.21. The Morgan fingerprint density at radius 3 is 2.53 bits per heavy atom. The molecule has 0 spiro atoms. The predicted octanol–water partition coefficient (Wildman–Crippen LogP) is 7.57. The van der Waals surface area contributed by atoms with Crippen LogP contribution < -0.4 is 0 Å². The molecular weight excluding hydrogens is 366 g/mol. The van der Waals surface area contributed by atoms with E-state index in [1.165, 1.54) is 44.2 Å². The van der Waals surface area contributed by atoms with Crippen molar-refractivity contribution in [1.29, 1.82) is 0 Å². The molecule has 2 nitrogen and oxygen atoms in total. The summed E-state index contributed by atoms with van der Waals surface area (Å²) < 4.78 is 6.54. The first-order valence-corrected chi connectivity index (χ1v) is 10.5. The van der Waals surface area contributed by atoms with Crippen molar-refractivity contribution in [3.63, 3.8) is 0 Å². The number of furan rings is 1. The minimum atomic E-state index is -0.0745. The highest BCUT2D eigenvalue weighted by Crippen LogP contribution is 2.53. The van der Waals surface area contributed by atoms with Crippen LogP contribution in [-0.4, -0.2) is 4.98 Å². The first-order chi connectivity index (χ1) is 14.5. The van der Waals surface area contributed by atoms with Crippen LogP contribution in [0.15, 0.2) is 71.3 Å². The summed E-state index contributed by atoms with van der Waals surface area (Å²) in [4.78, 5) is 4.66. The molecule has 3 aromatic carbocycles. The molecule has 0 fully saturated rings. The molecule has 6 rings (SSSR count). The van der Waals surface area contributed by atoms with Crippen LogP contribution in [-0.2, 0) is 5.41 Å². The van der Waals surface area contributed by atoms with Crippen molar-refractivity contribution < 1.29 is 4.42 Å². The molecule has 0 aliphatic heterocycles. The maximum atomic E-state index is 6.54. The summed E-state index contributed by atoms with van der Waals surface area (Å²) in [6.07, 6.45) is 1.88. The van der Waals surface area contributed by atoms with Gasteiger partial charge in [0.05, 0.1) is 5.69 Å². The van der Waals surface area contributed by atoms with E-state index >= 15 is 0 Å². The quantitative estimate of drug-likeness (QED) is 0.295. The van der Waals surface area contributed by atoms with Crippen molar-refractivity contribution >= 4 is 21.9 Å². The number of rotatable bonds is 1. The van der Waals surface area contributed by atoms with E-state index in [1.807, 2.05) is 12.3 Å². The Morgan fingerprint density at radius 2 is 1.70 bits per heavy atom. The summed E-state index contributed by atoms with van der Waals surface area (Å²) in [6.45, 7) is 8.89. The molecule has 1 aliphatic carbocycles.